The largest absolute Gasteiger partial charge is 0.394 e. The van der Waals surface area contributed by atoms with Crippen LogP contribution in [0.25, 0.3) is 0 Å². The average Bonchev–Trinajstić information content (AvgIpc) is 3.10. The van der Waals surface area contributed by atoms with Crippen LogP contribution in [0, 0.1) is 38.6 Å². The first kappa shape index (κ1) is 24.3. The van der Waals surface area contributed by atoms with E-state index in [4.69, 9.17) is 4.84 Å². The van der Waals surface area contributed by atoms with E-state index >= 15 is 0 Å². The Kier molecular flexibility index (Phi) is 7.13. The lowest BCUT2D eigenvalue weighted by molar-refractivity contribution is -0.180. The Morgan fingerprint density at radius 3 is 2.75 bits per heavy atom. The van der Waals surface area contributed by atoms with Crippen molar-refractivity contribution >= 4 is 34.7 Å². The predicted octanol–water partition coefficient (Wildman–Crippen LogP) is 3.68. The lowest BCUT2D eigenvalue weighted by Crippen LogP contribution is -2.55. The van der Waals surface area contributed by atoms with Gasteiger partial charge in [0.1, 0.15) is 12.1 Å². The summed E-state index contributed by atoms with van der Waals surface area (Å²) in [4.78, 5) is 23.7. The minimum Gasteiger partial charge on any atom is -0.394 e. The third kappa shape index (κ3) is 4.43. The molecular weight excluding hydrogens is 519 g/mol. The molecule has 0 radical (unpaired) electrons. The van der Waals surface area contributed by atoms with Crippen LogP contribution in [0.4, 0.5) is 0 Å². The third-order valence-corrected chi connectivity index (χ3v) is 9.07. The van der Waals surface area contributed by atoms with Crippen LogP contribution in [-0.2, 0) is 16.2 Å². The number of benzene rings is 1. The molecule has 0 spiro atoms. The maximum absolute atomic E-state index is 13.3. The molecule has 1 unspecified atom stereocenters. The van der Waals surface area contributed by atoms with Gasteiger partial charge >= 0.3 is 0 Å². The van der Waals surface area contributed by atoms with Gasteiger partial charge in [-0.2, -0.15) is 5.06 Å². The molecule has 1 aromatic carbocycles. The quantitative estimate of drug-likeness (QED) is 0.414. The number of hydrogen-bond donors (Lipinski definition) is 2. The van der Waals surface area contributed by atoms with Crippen molar-refractivity contribution in [1.82, 2.24) is 5.06 Å². The zero-order valence-electron chi connectivity index (χ0n) is 19.3. The predicted molar refractivity (Wildman–Crippen MR) is 132 cm³/mol. The van der Waals surface area contributed by atoms with Crippen LogP contribution < -0.4 is 0 Å². The number of amides is 1. The molecule has 3 aliphatic carbocycles. The van der Waals surface area contributed by atoms with Gasteiger partial charge in [0.2, 0.25) is 0 Å². The molecule has 4 aliphatic rings. The first-order valence-corrected chi connectivity index (χ1v) is 12.8. The fourth-order valence-electron chi connectivity index (χ4n) is 6.31. The molecule has 1 saturated heterocycles. The smallest absolute Gasteiger partial charge is 0.265 e. The van der Waals surface area contributed by atoms with Gasteiger partial charge in [-0.05, 0) is 89.1 Å². The number of rotatable bonds is 6. The van der Waals surface area contributed by atoms with Crippen molar-refractivity contribution in [2.45, 2.75) is 65.3 Å². The Bertz CT molecular complexity index is 873. The molecule has 0 aromatic heterocycles. The molecule has 1 aliphatic heterocycles. The Morgan fingerprint density at radius 2 is 2.16 bits per heavy atom. The van der Waals surface area contributed by atoms with Crippen LogP contribution in [0.5, 0.6) is 0 Å². The minimum absolute atomic E-state index is 0.260. The number of carbonyl (C=O) groups is 1. The highest BCUT2D eigenvalue weighted by Gasteiger charge is 2.56. The van der Waals surface area contributed by atoms with Crippen LogP contribution >= 0.6 is 22.6 Å². The van der Waals surface area contributed by atoms with Crippen LogP contribution in [0.2, 0.25) is 0 Å². The maximum Gasteiger partial charge on any atom is 0.265 e. The normalized spacial score (nSPS) is 37.4. The topological polar surface area (TPSA) is 82.4 Å². The molecule has 6 nitrogen and oxygen atoms in total. The standard InChI is InChI=1S/C25H35IN2O4/c1-14-17(9-18-10-20(14)25(18,3)4)11-27-24(31)23-22(15(2)30)21(13-29)32-28(23)12-16-6-5-7-19(26)8-16/h5-8,11,14-15,17-18,20-23,29-30H,9-10,12-13H2,1-4H3/t14-,15+,17?,18+,20+,21+,22-,23+/m1/s1. The number of nitrogens with zero attached hydrogens (tertiary/aromatic N) is 2. The van der Waals surface area contributed by atoms with Gasteiger partial charge in [0, 0.05) is 15.7 Å². The number of hydrogen-bond acceptors (Lipinski definition) is 5. The summed E-state index contributed by atoms with van der Waals surface area (Å²) < 4.78 is 1.10. The number of aliphatic hydroxyl groups is 2. The van der Waals surface area contributed by atoms with E-state index in [-0.39, 0.29) is 12.5 Å². The van der Waals surface area contributed by atoms with Gasteiger partial charge in [-0.3, -0.25) is 9.63 Å². The molecule has 4 fully saturated rings. The molecule has 1 aromatic rings. The van der Waals surface area contributed by atoms with Crippen molar-refractivity contribution in [3.05, 3.63) is 33.4 Å². The summed E-state index contributed by atoms with van der Waals surface area (Å²) in [7, 11) is 0. The van der Waals surface area contributed by atoms with E-state index in [1.807, 2.05) is 30.5 Å². The molecule has 32 heavy (non-hydrogen) atoms. The van der Waals surface area contributed by atoms with Crippen molar-refractivity contribution in [2.24, 2.45) is 40.0 Å². The molecule has 5 rings (SSSR count). The van der Waals surface area contributed by atoms with Crippen LogP contribution in [0.15, 0.2) is 29.3 Å². The highest BCUT2D eigenvalue weighted by molar-refractivity contribution is 14.1. The van der Waals surface area contributed by atoms with E-state index in [9.17, 15) is 15.0 Å². The number of fused-ring (bicyclic) bond motifs is 2. The van der Waals surface area contributed by atoms with E-state index in [2.05, 4.69) is 48.4 Å². The van der Waals surface area contributed by atoms with E-state index < -0.39 is 24.2 Å². The molecule has 176 valence electrons. The Balaban J connectivity index is 1.53. The number of aliphatic hydroxyl groups excluding tert-OH is 2. The zero-order valence-corrected chi connectivity index (χ0v) is 21.5. The highest BCUT2D eigenvalue weighted by atomic mass is 127. The van der Waals surface area contributed by atoms with Gasteiger partial charge in [0.25, 0.3) is 5.91 Å². The second-order valence-electron chi connectivity index (χ2n) is 10.5. The van der Waals surface area contributed by atoms with E-state index in [1.54, 1.807) is 12.0 Å². The van der Waals surface area contributed by atoms with Crippen molar-refractivity contribution in [3.8, 4) is 0 Å². The van der Waals surface area contributed by atoms with Crippen LogP contribution in [0.3, 0.4) is 0 Å². The minimum atomic E-state index is -0.806. The Hall–Kier alpha value is -0.870. The van der Waals surface area contributed by atoms with Crippen molar-refractivity contribution < 1.29 is 19.8 Å². The summed E-state index contributed by atoms with van der Waals surface area (Å²) in [5, 5.41) is 21.9. The fraction of sp³-hybridized carbons (Fsp3) is 0.680. The van der Waals surface area contributed by atoms with Crippen molar-refractivity contribution in [1.29, 1.82) is 0 Å². The Labute approximate surface area is 204 Å². The molecule has 1 amide bonds. The Morgan fingerprint density at radius 1 is 1.41 bits per heavy atom. The fourth-order valence-corrected chi connectivity index (χ4v) is 6.91. The monoisotopic (exact) mass is 554 g/mol. The lowest BCUT2D eigenvalue weighted by Gasteiger charge is -2.61. The average molecular weight is 554 g/mol. The molecule has 2 N–H and O–H groups in total. The lowest BCUT2D eigenvalue weighted by atomic mass is 9.43. The van der Waals surface area contributed by atoms with Gasteiger partial charge in [0.15, 0.2) is 0 Å². The van der Waals surface area contributed by atoms with Gasteiger partial charge < -0.3 is 10.2 Å². The number of carbonyl (C=O) groups excluding carboxylic acids is 1. The molecule has 2 bridgehead atoms. The summed E-state index contributed by atoms with van der Waals surface area (Å²) in [6, 6.07) is 7.27. The van der Waals surface area contributed by atoms with E-state index in [0.29, 0.717) is 35.6 Å². The summed E-state index contributed by atoms with van der Waals surface area (Å²) in [5.74, 6) is 1.36. The number of halogens is 1. The second kappa shape index (κ2) is 9.41. The molecule has 7 heteroatoms. The summed E-state index contributed by atoms with van der Waals surface area (Å²) in [6.45, 7) is 8.79. The maximum atomic E-state index is 13.3. The van der Waals surface area contributed by atoms with Gasteiger partial charge in [-0.25, -0.2) is 4.99 Å². The molecular formula is C25H35IN2O4. The SMILES string of the molecule is C[C@H](O)[C@@H]1[C@H](CO)ON(Cc2cccc(I)c2)[C@@H]1C(=O)N=CC1C[C@H]2C[C@@H]([C@@H]1C)C2(C)C. The van der Waals surface area contributed by atoms with E-state index in [1.165, 1.54) is 6.42 Å². The van der Waals surface area contributed by atoms with Crippen molar-refractivity contribution in [2.75, 3.05) is 6.61 Å². The van der Waals surface area contributed by atoms with Crippen LogP contribution in [0.1, 0.15) is 46.1 Å². The van der Waals surface area contributed by atoms with Crippen molar-refractivity contribution in [3.63, 3.8) is 0 Å². The van der Waals surface area contributed by atoms with Gasteiger partial charge in [0.05, 0.1) is 19.3 Å². The molecule has 1 heterocycles. The van der Waals surface area contributed by atoms with Gasteiger partial charge in [-0.15, -0.1) is 0 Å². The second-order valence-corrected chi connectivity index (χ2v) is 11.8. The summed E-state index contributed by atoms with van der Waals surface area (Å²) in [6.07, 6.45) is 2.78. The third-order valence-electron chi connectivity index (χ3n) is 8.40. The zero-order chi connectivity index (χ0) is 23.2. The van der Waals surface area contributed by atoms with Crippen LogP contribution in [-0.4, -0.2) is 52.3 Å². The molecule has 8 atom stereocenters. The van der Waals surface area contributed by atoms with E-state index in [0.717, 1.165) is 15.6 Å². The first-order chi connectivity index (χ1) is 15.1. The van der Waals surface area contributed by atoms with Gasteiger partial charge in [-0.1, -0.05) is 32.9 Å². The summed E-state index contributed by atoms with van der Waals surface area (Å²) in [5.41, 5.74) is 1.40. The highest BCUT2D eigenvalue weighted by Crippen LogP contribution is 2.62. The molecule has 3 saturated carbocycles. The first-order valence-electron chi connectivity index (χ1n) is 11.7. The number of hydroxylamine groups is 2. The number of aliphatic imine (C=N–C) groups is 1. The summed E-state index contributed by atoms with van der Waals surface area (Å²) >= 11 is 2.25.